The van der Waals surface area contributed by atoms with E-state index in [0.717, 1.165) is 22.5 Å². The summed E-state index contributed by atoms with van der Waals surface area (Å²) in [5.74, 6) is 0.0225. The smallest absolute Gasteiger partial charge is 0.263 e. The predicted molar refractivity (Wildman–Crippen MR) is 77.2 cm³/mol. The molecule has 0 radical (unpaired) electrons. The van der Waals surface area contributed by atoms with Gasteiger partial charge in [-0.25, -0.2) is 0 Å². The van der Waals surface area contributed by atoms with E-state index in [1.54, 1.807) is 0 Å². The zero-order valence-electron chi connectivity index (χ0n) is 11.2. The van der Waals surface area contributed by atoms with Crippen LogP contribution in [0.2, 0.25) is 0 Å². The molecular formula is C14H20N2OS. The molecule has 1 aromatic heterocycles. The third-order valence-electron chi connectivity index (χ3n) is 3.07. The maximum Gasteiger partial charge on any atom is 0.263 e. The molecule has 98 valence electrons. The standard InChI is InChI=1S/C14H20N2OS/c1-4-11(10-6-7-10)16-12-9(3)8-18-13(12)14(17)15-5-2/h8,16H,4-7H2,1-3H3,(H,15,17). The fourth-order valence-corrected chi connectivity index (χ4v) is 2.87. The zero-order chi connectivity index (χ0) is 13.1. The molecule has 0 atom stereocenters. The number of rotatable bonds is 5. The topological polar surface area (TPSA) is 41.1 Å². The summed E-state index contributed by atoms with van der Waals surface area (Å²) in [5.41, 5.74) is 4.93. The first kappa shape index (κ1) is 13.1. The molecule has 0 spiro atoms. The van der Waals surface area contributed by atoms with Crippen LogP contribution in [0.5, 0.6) is 0 Å². The van der Waals surface area contributed by atoms with Crippen molar-refractivity contribution in [1.82, 2.24) is 5.32 Å². The first-order valence-electron chi connectivity index (χ1n) is 6.51. The molecule has 2 N–H and O–H groups in total. The van der Waals surface area contributed by atoms with Gasteiger partial charge >= 0.3 is 0 Å². The molecule has 4 heteroatoms. The van der Waals surface area contributed by atoms with Gasteiger partial charge < -0.3 is 10.6 Å². The number of amides is 1. The lowest BCUT2D eigenvalue weighted by atomic mass is 10.2. The summed E-state index contributed by atoms with van der Waals surface area (Å²) in [6.07, 6.45) is 3.41. The minimum absolute atomic E-state index is 0.0225. The Morgan fingerprint density at radius 3 is 2.67 bits per heavy atom. The number of anilines is 1. The highest BCUT2D eigenvalue weighted by Gasteiger charge is 2.20. The van der Waals surface area contributed by atoms with Crippen molar-refractivity contribution in [3.63, 3.8) is 0 Å². The summed E-state index contributed by atoms with van der Waals surface area (Å²) in [4.78, 5) is 12.8. The van der Waals surface area contributed by atoms with E-state index in [-0.39, 0.29) is 5.91 Å². The number of hydrogen-bond donors (Lipinski definition) is 2. The van der Waals surface area contributed by atoms with Crippen molar-refractivity contribution in [2.45, 2.75) is 40.0 Å². The lowest BCUT2D eigenvalue weighted by molar-refractivity contribution is 0.0960. The van der Waals surface area contributed by atoms with Crippen LogP contribution < -0.4 is 10.6 Å². The first-order valence-corrected chi connectivity index (χ1v) is 7.39. The van der Waals surface area contributed by atoms with E-state index in [1.807, 2.05) is 19.2 Å². The molecule has 2 rings (SSSR count). The second kappa shape index (κ2) is 5.57. The Balaban J connectivity index is 2.24. The molecule has 1 aliphatic carbocycles. The zero-order valence-corrected chi connectivity index (χ0v) is 12.0. The second-order valence-corrected chi connectivity index (χ2v) is 5.42. The van der Waals surface area contributed by atoms with Crippen LogP contribution in [0.1, 0.15) is 48.3 Å². The van der Waals surface area contributed by atoms with Crippen LogP contribution in [0, 0.1) is 6.92 Å². The van der Waals surface area contributed by atoms with Gasteiger partial charge in [-0.3, -0.25) is 4.79 Å². The van der Waals surface area contributed by atoms with Crippen LogP contribution in [0.3, 0.4) is 0 Å². The molecule has 0 bridgehead atoms. The summed E-state index contributed by atoms with van der Waals surface area (Å²) in [7, 11) is 0. The Hall–Kier alpha value is -1.29. The summed E-state index contributed by atoms with van der Waals surface area (Å²) < 4.78 is 0. The van der Waals surface area contributed by atoms with Gasteiger partial charge in [-0.05, 0) is 44.1 Å². The van der Waals surface area contributed by atoms with E-state index < -0.39 is 0 Å². The van der Waals surface area contributed by atoms with E-state index in [2.05, 4.69) is 17.6 Å². The highest BCUT2D eigenvalue weighted by atomic mass is 32.1. The molecule has 1 aliphatic rings. The molecule has 1 saturated carbocycles. The van der Waals surface area contributed by atoms with Gasteiger partial charge in [0.05, 0.1) is 5.69 Å². The van der Waals surface area contributed by atoms with Crippen molar-refractivity contribution in [3.05, 3.63) is 27.1 Å². The molecule has 18 heavy (non-hydrogen) atoms. The molecule has 0 unspecified atom stereocenters. The lowest BCUT2D eigenvalue weighted by Gasteiger charge is -2.11. The van der Waals surface area contributed by atoms with Gasteiger partial charge in [0.2, 0.25) is 0 Å². The van der Waals surface area contributed by atoms with E-state index in [4.69, 9.17) is 0 Å². The van der Waals surface area contributed by atoms with Gasteiger partial charge in [0, 0.05) is 12.2 Å². The maximum absolute atomic E-state index is 12.0. The normalized spacial score (nSPS) is 13.4. The van der Waals surface area contributed by atoms with Crippen LogP contribution in [-0.4, -0.2) is 12.5 Å². The Morgan fingerprint density at radius 2 is 2.11 bits per heavy atom. The number of carbonyl (C=O) groups is 1. The highest BCUT2D eigenvalue weighted by Crippen LogP contribution is 2.36. The van der Waals surface area contributed by atoms with Gasteiger partial charge in [0.15, 0.2) is 0 Å². The number of hydrogen-bond acceptors (Lipinski definition) is 3. The van der Waals surface area contributed by atoms with Gasteiger partial charge in [-0.2, -0.15) is 0 Å². The average molecular weight is 264 g/mol. The minimum Gasteiger partial charge on any atom is -0.357 e. The van der Waals surface area contributed by atoms with Crippen molar-refractivity contribution >= 4 is 22.9 Å². The fraction of sp³-hybridized carbons (Fsp3) is 0.500. The van der Waals surface area contributed by atoms with E-state index in [9.17, 15) is 4.79 Å². The van der Waals surface area contributed by atoms with Crippen molar-refractivity contribution in [2.75, 3.05) is 11.9 Å². The largest absolute Gasteiger partial charge is 0.357 e. The molecule has 1 heterocycles. The fourth-order valence-electron chi connectivity index (χ4n) is 1.95. The van der Waals surface area contributed by atoms with Crippen LogP contribution in [0.4, 0.5) is 5.69 Å². The summed E-state index contributed by atoms with van der Waals surface area (Å²) >= 11 is 1.51. The van der Waals surface area contributed by atoms with Crippen LogP contribution in [0.25, 0.3) is 0 Å². The molecule has 0 aliphatic heterocycles. The Labute approximate surface area is 112 Å². The average Bonchev–Trinajstić information content (AvgIpc) is 3.12. The third kappa shape index (κ3) is 2.75. The highest BCUT2D eigenvalue weighted by molar-refractivity contribution is 7.12. The van der Waals surface area contributed by atoms with E-state index >= 15 is 0 Å². The van der Waals surface area contributed by atoms with Gasteiger partial charge in [-0.15, -0.1) is 11.3 Å². The number of thiophene rings is 1. The van der Waals surface area contributed by atoms with Crippen LogP contribution in [-0.2, 0) is 0 Å². The molecule has 0 saturated heterocycles. The Morgan fingerprint density at radius 1 is 1.39 bits per heavy atom. The van der Waals surface area contributed by atoms with Crippen LogP contribution in [0.15, 0.2) is 16.7 Å². The number of nitrogens with one attached hydrogen (secondary N) is 2. The molecule has 1 aromatic rings. The van der Waals surface area contributed by atoms with Gasteiger partial charge in [0.25, 0.3) is 5.91 Å². The summed E-state index contributed by atoms with van der Waals surface area (Å²) in [5, 5.41) is 8.38. The lowest BCUT2D eigenvalue weighted by Crippen LogP contribution is -2.22. The second-order valence-electron chi connectivity index (χ2n) is 4.54. The first-order chi connectivity index (χ1) is 8.67. The molecule has 1 amide bonds. The molecular weight excluding hydrogens is 244 g/mol. The summed E-state index contributed by atoms with van der Waals surface area (Å²) in [6.45, 7) is 6.81. The quantitative estimate of drug-likeness (QED) is 0.852. The number of carbonyl (C=O) groups excluding carboxylic acids is 1. The number of allylic oxidation sites excluding steroid dienone is 2. The Bertz CT molecular complexity index is 482. The Kier molecular flexibility index (Phi) is 4.07. The van der Waals surface area contributed by atoms with Crippen molar-refractivity contribution in [2.24, 2.45) is 0 Å². The molecule has 1 fully saturated rings. The predicted octanol–water partition coefficient (Wildman–Crippen LogP) is 3.68. The van der Waals surface area contributed by atoms with Crippen molar-refractivity contribution < 1.29 is 4.79 Å². The molecule has 3 nitrogen and oxygen atoms in total. The van der Waals surface area contributed by atoms with E-state index in [0.29, 0.717) is 6.54 Å². The van der Waals surface area contributed by atoms with Crippen molar-refractivity contribution in [1.29, 1.82) is 0 Å². The minimum atomic E-state index is 0.0225. The number of aryl methyl sites for hydroxylation is 1. The van der Waals surface area contributed by atoms with E-state index in [1.165, 1.54) is 35.4 Å². The maximum atomic E-state index is 12.0. The monoisotopic (exact) mass is 264 g/mol. The third-order valence-corrected chi connectivity index (χ3v) is 4.17. The van der Waals surface area contributed by atoms with Gasteiger partial charge in [-0.1, -0.05) is 12.5 Å². The van der Waals surface area contributed by atoms with Crippen molar-refractivity contribution in [3.8, 4) is 0 Å². The molecule has 0 aromatic carbocycles. The SMILES string of the molecule is CCNC(=O)c1scc(C)c1NC(CC)=C1CC1. The van der Waals surface area contributed by atoms with Crippen LogP contribution >= 0.6 is 11.3 Å². The summed E-state index contributed by atoms with van der Waals surface area (Å²) in [6, 6.07) is 0. The van der Waals surface area contributed by atoms with Gasteiger partial charge in [0.1, 0.15) is 4.88 Å².